The molecule has 20 heavy (non-hydrogen) atoms. The average Bonchev–Trinajstić information content (AvgIpc) is 3.16. The first-order chi connectivity index (χ1) is 9.65. The van der Waals surface area contributed by atoms with E-state index < -0.39 is 12.0 Å². The van der Waals surface area contributed by atoms with Crippen molar-refractivity contribution >= 4 is 11.9 Å². The summed E-state index contributed by atoms with van der Waals surface area (Å²) in [7, 11) is 0. The van der Waals surface area contributed by atoms with Gasteiger partial charge < -0.3 is 14.7 Å². The van der Waals surface area contributed by atoms with Crippen LogP contribution >= 0.6 is 0 Å². The quantitative estimate of drug-likeness (QED) is 0.841. The van der Waals surface area contributed by atoms with E-state index in [4.69, 9.17) is 9.84 Å². The highest BCUT2D eigenvalue weighted by Gasteiger charge is 2.32. The van der Waals surface area contributed by atoms with Crippen molar-refractivity contribution in [1.29, 1.82) is 0 Å². The van der Waals surface area contributed by atoms with E-state index >= 15 is 0 Å². The van der Waals surface area contributed by atoms with Gasteiger partial charge in [0, 0.05) is 18.2 Å². The number of nitrogens with zero attached hydrogens (tertiary/aromatic N) is 2. The molecule has 1 aromatic rings. The van der Waals surface area contributed by atoms with Gasteiger partial charge in [-0.1, -0.05) is 0 Å². The molecule has 1 amide bonds. The van der Waals surface area contributed by atoms with Crippen molar-refractivity contribution in [3.8, 4) is 0 Å². The molecule has 1 atom stereocenters. The Labute approximate surface area is 115 Å². The molecule has 0 unspecified atom stereocenters. The lowest BCUT2D eigenvalue weighted by atomic mass is 10.1. The summed E-state index contributed by atoms with van der Waals surface area (Å²) >= 11 is 0. The van der Waals surface area contributed by atoms with Gasteiger partial charge in [-0.05, 0) is 18.9 Å². The highest BCUT2D eigenvalue weighted by atomic mass is 16.5. The molecule has 108 valence electrons. The van der Waals surface area contributed by atoms with Gasteiger partial charge in [0.05, 0.1) is 25.7 Å². The minimum absolute atomic E-state index is 0.106. The summed E-state index contributed by atoms with van der Waals surface area (Å²) in [5, 5.41) is 15.9. The van der Waals surface area contributed by atoms with Crippen LogP contribution in [0.15, 0.2) is 6.07 Å². The lowest BCUT2D eigenvalue weighted by molar-refractivity contribution is -0.139. The second-order valence-electron chi connectivity index (χ2n) is 5.31. The topological polar surface area (TPSA) is 95.5 Å². The van der Waals surface area contributed by atoms with Crippen LogP contribution in [0.2, 0.25) is 0 Å². The number of H-pyrrole nitrogens is 1. The Morgan fingerprint density at radius 3 is 3.00 bits per heavy atom. The lowest BCUT2D eigenvalue weighted by Gasteiger charge is -2.34. The monoisotopic (exact) mass is 279 g/mol. The maximum absolute atomic E-state index is 12.4. The number of morpholine rings is 1. The van der Waals surface area contributed by atoms with Gasteiger partial charge in [-0.2, -0.15) is 5.10 Å². The number of rotatable bonds is 4. The van der Waals surface area contributed by atoms with Crippen LogP contribution in [0, 0.1) is 0 Å². The van der Waals surface area contributed by atoms with Crippen molar-refractivity contribution in [2.45, 2.75) is 31.2 Å². The predicted octanol–water partition coefficient (Wildman–Crippen LogP) is 0.603. The zero-order valence-electron chi connectivity index (χ0n) is 11.0. The number of hydrogen-bond acceptors (Lipinski definition) is 4. The zero-order valence-corrected chi connectivity index (χ0v) is 11.0. The largest absolute Gasteiger partial charge is 0.481 e. The van der Waals surface area contributed by atoms with Crippen molar-refractivity contribution < 1.29 is 19.4 Å². The molecule has 1 saturated heterocycles. The fraction of sp³-hybridized carbons (Fsp3) is 0.615. The second kappa shape index (κ2) is 5.24. The minimum Gasteiger partial charge on any atom is -0.481 e. The van der Waals surface area contributed by atoms with Crippen LogP contribution in [-0.2, 0) is 9.53 Å². The van der Waals surface area contributed by atoms with Gasteiger partial charge >= 0.3 is 5.97 Å². The SMILES string of the molecule is O=C(O)C[C@H]1COCCN1C(=O)c1cc(C2CC2)[nH]n1. The van der Waals surface area contributed by atoms with Crippen molar-refractivity contribution in [3.63, 3.8) is 0 Å². The molecule has 0 bridgehead atoms. The molecule has 2 aliphatic rings. The van der Waals surface area contributed by atoms with E-state index in [1.807, 2.05) is 0 Å². The standard InChI is InChI=1S/C13H17N3O4/c17-12(18)5-9-7-20-4-3-16(9)13(19)11-6-10(14-15-11)8-1-2-8/h6,8-9H,1-5,7H2,(H,14,15)(H,17,18)/t9-/m0/s1. The number of carboxylic acids is 1. The number of hydrogen-bond donors (Lipinski definition) is 2. The first-order valence-electron chi connectivity index (χ1n) is 6.81. The summed E-state index contributed by atoms with van der Waals surface area (Å²) in [6.07, 6.45) is 2.16. The van der Waals surface area contributed by atoms with Crippen LogP contribution in [0.4, 0.5) is 0 Å². The van der Waals surface area contributed by atoms with Crippen molar-refractivity contribution in [2.24, 2.45) is 0 Å². The van der Waals surface area contributed by atoms with Gasteiger partial charge in [-0.25, -0.2) is 0 Å². The molecule has 0 radical (unpaired) electrons. The van der Waals surface area contributed by atoms with Gasteiger partial charge in [-0.15, -0.1) is 0 Å². The van der Waals surface area contributed by atoms with Crippen LogP contribution in [0.3, 0.4) is 0 Å². The molecule has 7 nitrogen and oxygen atoms in total. The maximum atomic E-state index is 12.4. The molecular weight excluding hydrogens is 262 g/mol. The summed E-state index contributed by atoms with van der Waals surface area (Å²) in [6, 6.07) is 1.36. The second-order valence-corrected chi connectivity index (χ2v) is 5.31. The van der Waals surface area contributed by atoms with Crippen LogP contribution in [0.25, 0.3) is 0 Å². The first kappa shape index (κ1) is 13.1. The van der Waals surface area contributed by atoms with Crippen LogP contribution in [0.1, 0.15) is 41.4 Å². The minimum atomic E-state index is -0.931. The Morgan fingerprint density at radius 2 is 2.30 bits per heavy atom. The van der Waals surface area contributed by atoms with Crippen molar-refractivity contribution in [3.05, 3.63) is 17.5 Å². The molecule has 3 rings (SSSR count). The fourth-order valence-electron chi connectivity index (χ4n) is 2.49. The highest BCUT2D eigenvalue weighted by molar-refractivity contribution is 5.93. The number of ether oxygens (including phenoxy) is 1. The number of aromatic nitrogens is 2. The van der Waals surface area contributed by atoms with E-state index in [1.54, 1.807) is 11.0 Å². The molecule has 1 aliphatic heterocycles. The average molecular weight is 279 g/mol. The molecule has 1 aliphatic carbocycles. The smallest absolute Gasteiger partial charge is 0.305 e. The summed E-state index contributed by atoms with van der Waals surface area (Å²) < 4.78 is 5.27. The first-order valence-corrected chi connectivity index (χ1v) is 6.81. The zero-order chi connectivity index (χ0) is 14.1. The van der Waals surface area contributed by atoms with E-state index in [0.717, 1.165) is 18.5 Å². The van der Waals surface area contributed by atoms with Crippen LogP contribution in [0.5, 0.6) is 0 Å². The lowest BCUT2D eigenvalue weighted by Crippen LogP contribution is -2.49. The number of carbonyl (C=O) groups is 2. The summed E-state index contributed by atoms with van der Waals surface area (Å²) in [4.78, 5) is 24.9. The van der Waals surface area contributed by atoms with E-state index in [2.05, 4.69) is 10.2 Å². The Balaban J connectivity index is 1.73. The van der Waals surface area contributed by atoms with Gasteiger partial charge in [0.25, 0.3) is 5.91 Å². The molecule has 0 spiro atoms. The van der Waals surface area contributed by atoms with Gasteiger partial charge in [0.2, 0.25) is 0 Å². The molecule has 2 heterocycles. The molecule has 2 fully saturated rings. The van der Waals surface area contributed by atoms with E-state index in [-0.39, 0.29) is 18.9 Å². The molecule has 7 heteroatoms. The summed E-state index contributed by atoms with van der Waals surface area (Å²) in [5.41, 5.74) is 1.36. The van der Waals surface area contributed by atoms with Crippen LogP contribution in [-0.4, -0.2) is 57.9 Å². The van der Waals surface area contributed by atoms with Crippen LogP contribution < -0.4 is 0 Å². The number of aliphatic carboxylic acids is 1. The Morgan fingerprint density at radius 1 is 1.50 bits per heavy atom. The molecule has 2 N–H and O–H groups in total. The van der Waals surface area contributed by atoms with Gasteiger partial charge in [-0.3, -0.25) is 14.7 Å². The Kier molecular flexibility index (Phi) is 3.43. The number of aromatic amines is 1. The molecule has 1 aromatic heterocycles. The van der Waals surface area contributed by atoms with Crippen molar-refractivity contribution in [1.82, 2.24) is 15.1 Å². The third-order valence-corrected chi connectivity index (χ3v) is 3.73. The van der Waals surface area contributed by atoms with E-state index in [9.17, 15) is 9.59 Å². The third kappa shape index (κ3) is 2.67. The molecule has 1 saturated carbocycles. The number of nitrogens with one attached hydrogen (secondary N) is 1. The molecular formula is C13H17N3O4. The number of amides is 1. The predicted molar refractivity (Wildman–Crippen MR) is 68.5 cm³/mol. The Hall–Kier alpha value is -1.89. The highest BCUT2D eigenvalue weighted by Crippen LogP contribution is 2.39. The fourth-order valence-corrected chi connectivity index (χ4v) is 2.49. The van der Waals surface area contributed by atoms with Crippen molar-refractivity contribution in [2.75, 3.05) is 19.8 Å². The normalized spacial score (nSPS) is 22.8. The summed E-state index contributed by atoms with van der Waals surface area (Å²) in [6.45, 7) is 1.10. The van der Waals surface area contributed by atoms with E-state index in [1.165, 1.54) is 0 Å². The number of carbonyl (C=O) groups excluding carboxylic acids is 1. The Bertz CT molecular complexity index is 523. The third-order valence-electron chi connectivity index (χ3n) is 3.73. The number of carboxylic acid groups (broad SMARTS) is 1. The molecule has 0 aromatic carbocycles. The maximum Gasteiger partial charge on any atom is 0.305 e. The summed E-state index contributed by atoms with van der Waals surface area (Å²) in [5.74, 6) is -0.648. The van der Waals surface area contributed by atoms with E-state index in [0.29, 0.717) is 24.8 Å². The van der Waals surface area contributed by atoms with Gasteiger partial charge in [0.1, 0.15) is 5.69 Å². The van der Waals surface area contributed by atoms with Gasteiger partial charge in [0.15, 0.2) is 0 Å².